The molecule has 0 bridgehead atoms. The van der Waals surface area contributed by atoms with Gasteiger partial charge in [-0.2, -0.15) is 5.10 Å². The number of carboxylic acids is 1. The largest absolute Gasteiger partial charge is 0.496 e. The summed E-state index contributed by atoms with van der Waals surface area (Å²) in [6.07, 6.45) is -0.119. The second-order valence-electron chi connectivity index (χ2n) is 5.24. The van der Waals surface area contributed by atoms with Gasteiger partial charge in [0.15, 0.2) is 5.11 Å². The van der Waals surface area contributed by atoms with Crippen molar-refractivity contribution in [3.63, 3.8) is 0 Å². The molecule has 1 rings (SSSR count). The van der Waals surface area contributed by atoms with E-state index in [4.69, 9.17) is 26.8 Å². The van der Waals surface area contributed by atoms with Crippen molar-refractivity contribution in [3.05, 3.63) is 29.3 Å². The van der Waals surface area contributed by atoms with Crippen LogP contribution in [0.4, 0.5) is 0 Å². The molecular weight excluding hydrogens is 330 g/mol. The molecule has 0 aliphatic heterocycles. The van der Waals surface area contributed by atoms with Gasteiger partial charge >= 0.3 is 5.97 Å². The molecule has 1 atom stereocenters. The zero-order chi connectivity index (χ0) is 18.1. The molecule has 8 heteroatoms. The van der Waals surface area contributed by atoms with Gasteiger partial charge in [-0.25, -0.2) is 0 Å². The number of thiocarbonyl (C=S) groups is 1. The first kappa shape index (κ1) is 19.9. The molecule has 0 spiro atoms. The summed E-state index contributed by atoms with van der Waals surface area (Å²) in [6.45, 7) is 4.28. The Morgan fingerprint density at radius 1 is 1.42 bits per heavy atom. The topological polar surface area (TPSA) is 92.2 Å². The lowest BCUT2D eigenvalue weighted by Crippen LogP contribution is -2.40. The first-order valence-electron chi connectivity index (χ1n) is 7.36. The number of hydrogen-bond donors (Lipinski definition) is 3. The van der Waals surface area contributed by atoms with Gasteiger partial charge in [0.1, 0.15) is 5.75 Å². The summed E-state index contributed by atoms with van der Waals surface area (Å²) in [6, 6.07) is 5.35. The molecule has 0 aliphatic rings. The number of hydrazone groups is 1. The minimum atomic E-state index is -0.921. The molecule has 0 saturated carbocycles. The van der Waals surface area contributed by atoms with Gasteiger partial charge in [-0.05, 0) is 49.8 Å². The van der Waals surface area contributed by atoms with Crippen LogP contribution in [0.2, 0.25) is 0 Å². The molecule has 0 unspecified atom stereocenters. The lowest BCUT2D eigenvalue weighted by molar-refractivity contribution is -0.136. The van der Waals surface area contributed by atoms with Crippen molar-refractivity contribution in [3.8, 4) is 5.75 Å². The van der Waals surface area contributed by atoms with Crippen LogP contribution in [0, 0.1) is 0 Å². The van der Waals surface area contributed by atoms with Gasteiger partial charge in [0, 0.05) is 18.7 Å². The number of methoxy groups -OCH3 is 2. The van der Waals surface area contributed by atoms with Crippen LogP contribution in [-0.4, -0.2) is 48.8 Å². The number of aliphatic carboxylic acids is 1. The molecule has 0 heterocycles. The third-order valence-corrected chi connectivity index (χ3v) is 3.37. The van der Waals surface area contributed by atoms with E-state index in [1.807, 2.05) is 13.0 Å². The average molecular weight is 353 g/mol. The van der Waals surface area contributed by atoms with Gasteiger partial charge in [-0.3, -0.25) is 10.2 Å². The first-order valence-corrected chi connectivity index (χ1v) is 7.77. The number of benzene rings is 1. The SMILES string of the molecule is COC[C@@H](C)NC(=S)N/N=C(/C)c1ccc(OC)c(CC(=O)O)c1. The Bertz CT molecular complexity index is 619. The Labute approximate surface area is 147 Å². The Balaban J connectivity index is 2.80. The van der Waals surface area contributed by atoms with Crippen LogP contribution in [0.1, 0.15) is 25.0 Å². The van der Waals surface area contributed by atoms with E-state index in [9.17, 15) is 4.79 Å². The van der Waals surface area contributed by atoms with Gasteiger partial charge in [-0.15, -0.1) is 0 Å². The summed E-state index contributed by atoms with van der Waals surface area (Å²) in [5.74, 6) is -0.386. The third-order valence-electron chi connectivity index (χ3n) is 3.16. The van der Waals surface area contributed by atoms with E-state index in [1.165, 1.54) is 7.11 Å². The fourth-order valence-corrected chi connectivity index (χ4v) is 2.30. The van der Waals surface area contributed by atoms with Crippen LogP contribution in [0.15, 0.2) is 23.3 Å². The van der Waals surface area contributed by atoms with E-state index in [-0.39, 0.29) is 12.5 Å². The number of nitrogens with zero attached hydrogens (tertiary/aromatic N) is 1. The van der Waals surface area contributed by atoms with E-state index in [2.05, 4.69) is 15.8 Å². The quantitative estimate of drug-likeness (QED) is 0.371. The normalized spacial score (nSPS) is 12.4. The summed E-state index contributed by atoms with van der Waals surface area (Å²) in [5.41, 5.74) is 4.81. The van der Waals surface area contributed by atoms with Gasteiger partial charge < -0.3 is 19.9 Å². The van der Waals surface area contributed by atoms with Crippen molar-refractivity contribution in [1.82, 2.24) is 10.7 Å². The van der Waals surface area contributed by atoms with Crippen LogP contribution >= 0.6 is 12.2 Å². The summed E-state index contributed by atoms with van der Waals surface area (Å²) >= 11 is 5.15. The molecule has 0 fully saturated rings. The minimum absolute atomic E-state index is 0.0636. The molecule has 1 aromatic carbocycles. The second kappa shape index (κ2) is 9.84. The van der Waals surface area contributed by atoms with Crippen molar-refractivity contribution in [2.24, 2.45) is 5.10 Å². The van der Waals surface area contributed by atoms with Crippen LogP contribution in [0.5, 0.6) is 5.75 Å². The van der Waals surface area contributed by atoms with Crippen LogP contribution in [0.3, 0.4) is 0 Å². The first-order chi connectivity index (χ1) is 11.4. The van der Waals surface area contributed by atoms with Crippen molar-refractivity contribution < 1.29 is 19.4 Å². The zero-order valence-electron chi connectivity index (χ0n) is 14.3. The fraction of sp³-hybridized carbons (Fsp3) is 0.438. The van der Waals surface area contributed by atoms with Gasteiger partial charge in [0.25, 0.3) is 0 Å². The van der Waals surface area contributed by atoms with Crippen LogP contribution in [-0.2, 0) is 16.0 Å². The number of ether oxygens (including phenoxy) is 2. The predicted octanol–water partition coefficient (Wildman–Crippen LogP) is 1.55. The Morgan fingerprint density at radius 3 is 2.71 bits per heavy atom. The van der Waals surface area contributed by atoms with Gasteiger partial charge in [-0.1, -0.05) is 0 Å². The molecule has 0 aromatic heterocycles. The van der Waals surface area contributed by atoms with Crippen molar-refractivity contribution in [2.45, 2.75) is 26.3 Å². The highest BCUT2D eigenvalue weighted by Gasteiger charge is 2.10. The number of nitrogens with one attached hydrogen (secondary N) is 2. The Morgan fingerprint density at radius 2 is 2.12 bits per heavy atom. The maximum absolute atomic E-state index is 11.0. The van der Waals surface area contributed by atoms with E-state index in [0.29, 0.717) is 28.7 Å². The smallest absolute Gasteiger partial charge is 0.307 e. The Hall–Kier alpha value is -2.19. The van der Waals surface area contributed by atoms with Crippen LogP contribution < -0.4 is 15.5 Å². The molecule has 0 saturated heterocycles. The molecule has 0 aliphatic carbocycles. The summed E-state index contributed by atoms with van der Waals surface area (Å²) in [4.78, 5) is 11.0. The number of carboxylic acid groups (broad SMARTS) is 1. The van der Waals surface area contributed by atoms with Crippen molar-refractivity contribution in [2.75, 3.05) is 20.8 Å². The van der Waals surface area contributed by atoms with E-state index in [1.54, 1.807) is 26.2 Å². The molecule has 0 radical (unpaired) electrons. The van der Waals surface area contributed by atoms with E-state index < -0.39 is 5.97 Å². The lowest BCUT2D eigenvalue weighted by atomic mass is 10.0. The highest BCUT2D eigenvalue weighted by Crippen LogP contribution is 2.21. The summed E-state index contributed by atoms with van der Waals surface area (Å²) in [7, 11) is 3.13. The second-order valence-corrected chi connectivity index (χ2v) is 5.64. The molecule has 1 aromatic rings. The summed E-state index contributed by atoms with van der Waals surface area (Å²) in [5, 5.41) is 16.6. The molecule has 3 N–H and O–H groups in total. The molecular formula is C16H23N3O4S. The number of carbonyl (C=O) groups is 1. The van der Waals surface area contributed by atoms with Gasteiger partial charge in [0.05, 0.1) is 25.8 Å². The fourth-order valence-electron chi connectivity index (χ4n) is 2.05. The third kappa shape index (κ3) is 6.51. The van der Waals surface area contributed by atoms with Crippen molar-refractivity contribution >= 4 is 29.0 Å². The lowest BCUT2D eigenvalue weighted by Gasteiger charge is -2.14. The highest BCUT2D eigenvalue weighted by atomic mass is 32.1. The molecule has 7 nitrogen and oxygen atoms in total. The molecule has 132 valence electrons. The Kier molecular flexibility index (Phi) is 8.14. The standard InChI is InChI=1S/C16H23N3O4S/c1-10(9-22-3)17-16(24)19-18-11(2)12-5-6-14(23-4)13(7-12)8-15(20)21/h5-7,10H,8-9H2,1-4H3,(H,20,21)(H2,17,19,24)/b18-11-/t10-/m1/s1. The van der Waals surface area contributed by atoms with Crippen LogP contribution in [0.25, 0.3) is 0 Å². The van der Waals surface area contributed by atoms with Gasteiger partial charge in [0.2, 0.25) is 0 Å². The van der Waals surface area contributed by atoms with Crippen molar-refractivity contribution in [1.29, 1.82) is 0 Å². The number of hydrogen-bond acceptors (Lipinski definition) is 5. The van der Waals surface area contributed by atoms with E-state index in [0.717, 1.165) is 5.56 Å². The molecule has 24 heavy (non-hydrogen) atoms. The predicted molar refractivity (Wildman–Crippen MR) is 96.8 cm³/mol. The maximum atomic E-state index is 11.0. The molecule has 0 amide bonds. The average Bonchev–Trinajstić information content (AvgIpc) is 2.52. The monoisotopic (exact) mass is 353 g/mol. The summed E-state index contributed by atoms with van der Waals surface area (Å²) < 4.78 is 10.2. The zero-order valence-corrected chi connectivity index (χ0v) is 15.1. The van der Waals surface area contributed by atoms with E-state index >= 15 is 0 Å². The minimum Gasteiger partial charge on any atom is -0.496 e. The number of rotatable bonds is 8. The maximum Gasteiger partial charge on any atom is 0.307 e. The highest BCUT2D eigenvalue weighted by molar-refractivity contribution is 7.80.